The average molecular weight is 620 g/mol. The molecule has 9 nitrogen and oxygen atoms in total. The molecule has 6 unspecified atom stereocenters. The van der Waals surface area contributed by atoms with Crippen molar-refractivity contribution in [2.45, 2.75) is 111 Å². The zero-order valence-corrected chi connectivity index (χ0v) is 28.0. The van der Waals surface area contributed by atoms with Crippen molar-refractivity contribution in [1.82, 2.24) is 15.2 Å². The molecule has 0 saturated carbocycles. The first kappa shape index (κ1) is 34.7. The van der Waals surface area contributed by atoms with Gasteiger partial charge >= 0.3 is 5.97 Å². The summed E-state index contributed by atoms with van der Waals surface area (Å²) in [7, 11) is -2.23. The van der Waals surface area contributed by atoms with Gasteiger partial charge < -0.3 is 24.5 Å². The molecule has 3 rings (SSSR count). The van der Waals surface area contributed by atoms with Crippen LogP contribution in [0.4, 0.5) is 4.39 Å². The molecule has 1 fully saturated rings. The highest BCUT2D eigenvalue weighted by Gasteiger charge is 2.41. The summed E-state index contributed by atoms with van der Waals surface area (Å²) < 4.78 is 27.2. The molecule has 2 bridgehead atoms. The molecule has 11 heteroatoms. The molecule has 2 aliphatic heterocycles. The number of oxazole rings is 1. The largest absolute Gasteiger partial charge is 0.460 e. The minimum Gasteiger partial charge on any atom is -0.460 e. The number of nitrogens with one attached hydrogen (secondary N) is 1. The summed E-state index contributed by atoms with van der Waals surface area (Å²) >= 11 is 0. The van der Waals surface area contributed by atoms with E-state index in [2.05, 4.69) is 10.3 Å². The fourth-order valence-electron chi connectivity index (χ4n) is 5.68. The van der Waals surface area contributed by atoms with E-state index in [9.17, 15) is 19.5 Å². The standard InChI is InChI=1S/C32H50FN3O6Si/c1-19(2)29-21(4)11-12-26(38)34-14-13-20(3)22(5)16-24(37)17-23(33)18-27-35-28(32(41-27)43(6,7)8)30(39)36-15-9-10-25(36)31(40)42-29/h11-12,16,19-21,23-25,29,37H,9-10,13-15,17-18H2,1-8H3,(H,34,38)/b12-11+,22-16+. The lowest BCUT2D eigenvalue weighted by Gasteiger charge is -2.29. The topological polar surface area (TPSA) is 122 Å². The minimum atomic E-state index is -2.23. The number of halogens is 1. The van der Waals surface area contributed by atoms with Gasteiger partial charge in [0, 0.05) is 25.4 Å². The van der Waals surface area contributed by atoms with Gasteiger partial charge in [0.2, 0.25) is 5.91 Å². The Hall–Kier alpha value is -2.79. The van der Waals surface area contributed by atoms with Crippen molar-refractivity contribution >= 4 is 31.2 Å². The first-order valence-corrected chi connectivity index (χ1v) is 19.1. The van der Waals surface area contributed by atoms with Gasteiger partial charge in [0.05, 0.1) is 12.5 Å². The lowest BCUT2D eigenvalue weighted by atomic mass is 9.94. The number of aliphatic hydroxyl groups excluding tert-OH is 1. The van der Waals surface area contributed by atoms with E-state index in [-0.39, 0.29) is 48.1 Å². The van der Waals surface area contributed by atoms with Gasteiger partial charge in [-0.3, -0.25) is 9.59 Å². The monoisotopic (exact) mass is 619 g/mol. The number of esters is 1. The number of allylic oxidation sites excluding steroid dienone is 1. The Morgan fingerprint density at radius 1 is 1.16 bits per heavy atom. The van der Waals surface area contributed by atoms with Crippen LogP contribution in [0.15, 0.2) is 28.2 Å². The summed E-state index contributed by atoms with van der Waals surface area (Å²) in [5, 5.41) is 13.9. The van der Waals surface area contributed by atoms with E-state index in [1.807, 2.05) is 54.3 Å². The second-order valence-corrected chi connectivity index (χ2v) is 18.5. The maximum absolute atomic E-state index is 15.2. The number of cyclic esters (lactones) is 1. The van der Waals surface area contributed by atoms with Crippen LogP contribution in [0.25, 0.3) is 0 Å². The molecule has 2 aliphatic rings. The molecular formula is C32H50FN3O6Si. The molecule has 1 aromatic heterocycles. The molecule has 6 atom stereocenters. The zero-order valence-electron chi connectivity index (χ0n) is 27.0. The van der Waals surface area contributed by atoms with Crippen LogP contribution in [-0.2, 0) is 20.7 Å². The van der Waals surface area contributed by atoms with Crippen molar-refractivity contribution in [3.63, 3.8) is 0 Å². The van der Waals surface area contributed by atoms with Gasteiger partial charge in [0.25, 0.3) is 5.91 Å². The maximum Gasteiger partial charge on any atom is 0.329 e. The van der Waals surface area contributed by atoms with E-state index in [1.165, 1.54) is 11.0 Å². The Morgan fingerprint density at radius 3 is 2.51 bits per heavy atom. The van der Waals surface area contributed by atoms with Gasteiger partial charge in [0.1, 0.15) is 31.8 Å². The molecule has 3 heterocycles. The predicted molar refractivity (Wildman–Crippen MR) is 166 cm³/mol. The number of carbonyl (C=O) groups excluding carboxylic acids is 3. The molecule has 0 aromatic carbocycles. The molecule has 1 aromatic rings. The Kier molecular flexibility index (Phi) is 11.9. The SMILES string of the molecule is C/C1=C\C(O)CC(F)Cc2nc(c([Si](C)(C)C)o2)C(=O)N2CCCC2C(=O)OC(C(C)C)C(C)/C=C/C(=O)NCCC1C. The van der Waals surface area contributed by atoms with E-state index in [1.54, 1.807) is 12.2 Å². The highest BCUT2D eigenvalue weighted by Crippen LogP contribution is 2.26. The molecule has 240 valence electrons. The third kappa shape index (κ3) is 9.35. The second-order valence-electron chi connectivity index (χ2n) is 13.6. The van der Waals surface area contributed by atoms with Crippen LogP contribution in [-0.4, -0.2) is 78.4 Å². The summed E-state index contributed by atoms with van der Waals surface area (Å²) in [4.78, 5) is 45.8. The number of nitrogens with zero attached hydrogens (tertiary/aromatic N) is 2. The molecule has 1 saturated heterocycles. The van der Waals surface area contributed by atoms with Crippen LogP contribution in [0.1, 0.15) is 76.7 Å². The van der Waals surface area contributed by atoms with Crippen LogP contribution in [0.5, 0.6) is 0 Å². The first-order valence-electron chi connectivity index (χ1n) is 15.6. The molecule has 2 amide bonds. The summed E-state index contributed by atoms with van der Waals surface area (Å²) in [6, 6.07) is -0.773. The summed E-state index contributed by atoms with van der Waals surface area (Å²) in [6.45, 7) is 16.6. The molecule has 0 spiro atoms. The van der Waals surface area contributed by atoms with E-state index in [4.69, 9.17) is 9.15 Å². The number of fused-ring (bicyclic) bond motifs is 3. The number of hydrogen-bond donors (Lipinski definition) is 2. The van der Waals surface area contributed by atoms with Crippen molar-refractivity contribution < 1.29 is 33.0 Å². The maximum atomic E-state index is 15.2. The second kappa shape index (κ2) is 14.8. The third-order valence-corrected chi connectivity index (χ3v) is 10.0. The normalized spacial score (nSPS) is 31.2. The van der Waals surface area contributed by atoms with Gasteiger partial charge in [-0.15, -0.1) is 0 Å². The van der Waals surface area contributed by atoms with E-state index in [0.717, 1.165) is 5.57 Å². The van der Waals surface area contributed by atoms with Gasteiger partial charge in [-0.25, -0.2) is 14.2 Å². The minimum absolute atomic E-state index is 0.0251. The molecular weight excluding hydrogens is 569 g/mol. The van der Waals surface area contributed by atoms with Crippen LogP contribution >= 0.6 is 0 Å². The van der Waals surface area contributed by atoms with Gasteiger partial charge in [-0.1, -0.05) is 65.1 Å². The number of aromatic nitrogens is 1. The summed E-state index contributed by atoms with van der Waals surface area (Å²) in [5.74, 6) is -1.23. The number of amides is 2. The van der Waals surface area contributed by atoms with E-state index in [0.29, 0.717) is 37.7 Å². The number of rotatable bonds is 2. The van der Waals surface area contributed by atoms with Crippen molar-refractivity contribution in [3.05, 3.63) is 35.4 Å². The highest BCUT2D eigenvalue weighted by atomic mass is 28.3. The van der Waals surface area contributed by atoms with Gasteiger partial charge in [0.15, 0.2) is 11.6 Å². The van der Waals surface area contributed by atoms with Gasteiger partial charge in [-0.05, 0) is 44.1 Å². The van der Waals surface area contributed by atoms with Crippen molar-refractivity contribution in [1.29, 1.82) is 0 Å². The molecule has 2 N–H and O–H groups in total. The Morgan fingerprint density at radius 2 is 1.86 bits per heavy atom. The average Bonchev–Trinajstić information content (AvgIpc) is 3.56. The highest BCUT2D eigenvalue weighted by molar-refractivity contribution is 6.88. The van der Waals surface area contributed by atoms with Crippen LogP contribution < -0.4 is 10.7 Å². The smallest absolute Gasteiger partial charge is 0.329 e. The number of carbonyl (C=O) groups is 3. The molecule has 43 heavy (non-hydrogen) atoms. The lowest BCUT2D eigenvalue weighted by Crippen LogP contribution is -2.47. The number of aliphatic hydroxyl groups is 1. The first-order chi connectivity index (χ1) is 20.1. The fourth-order valence-corrected chi connectivity index (χ4v) is 6.97. The van der Waals surface area contributed by atoms with Gasteiger partial charge in [-0.2, -0.15) is 0 Å². The number of ether oxygens (including phenoxy) is 1. The van der Waals surface area contributed by atoms with Crippen molar-refractivity contribution in [3.8, 4) is 0 Å². The molecule has 0 radical (unpaired) electrons. The predicted octanol–water partition coefficient (Wildman–Crippen LogP) is 4.32. The zero-order chi connectivity index (χ0) is 32.1. The summed E-state index contributed by atoms with van der Waals surface area (Å²) in [6.07, 6.45) is 3.36. The van der Waals surface area contributed by atoms with E-state index >= 15 is 4.39 Å². The molecule has 0 aliphatic carbocycles. The van der Waals surface area contributed by atoms with Crippen LogP contribution in [0.3, 0.4) is 0 Å². The van der Waals surface area contributed by atoms with Crippen LogP contribution in [0, 0.1) is 17.8 Å². The van der Waals surface area contributed by atoms with Crippen LogP contribution in [0.2, 0.25) is 19.6 Å². The quantitative estimate of drug-likeness (QED) is 0.287. The summed E-state index contributed by atoms with van der Waals surface area (Å²) in [5.41, 5.74) is 1.04. The third-order valence-electron chi connectivity index (χ3n) is 8.32. The fraction of sp³-hybridized carbons (Fsp3) is 0.688. The Bertz CT molecular complexity index is 1210. The lowest BCUT2D eigenvalue weighted by molar-refractivity contribution is -0.158. The van der Waals surface area contributed by atoms with Crippen molar-refractivity contribution in [2.24, 2.45) is 17.8 Å². The Balaban J connectivity index is 1.97. The number of alkyl halides is 1. The number of hydrogen-bond acceptors (Lipinski definition) is 7. The van der Waals surface area contributed by atoms with E-state index < -0.39 is 44.4 Å². The Labute approximate surface area is 256 Å². The van der Waals surface area contributed by atoms with Crippen molar-refractivity contribution in [2.75, 3.05) is 13.1 Å².